The Morgan fingerprint density at radius 3 is 2.75 bits per heavy atom. The number of hydrogen-bond acceptors (Lipinski definition) is 1. The summed E-state index contributed by atoms with van der Waals surface area (Å²) >= 11 is 0. The predicted octanol–water partition coefficient (Wildman–Crippen LogP) is 5.09. The SMILES string of the molecule is CCCCCCC1(C)Nc2ccccc2-n2cccc21. The maximum atomic E-state index is 3.77. The molecule has 106 valence electrons. The van der Waals surface area contributed by atoms with Gasteiger partial charge in [-0.2, -0.15) is 0 Å². The predicted molar refractivity (Wildman–Crippen MR) is 85.5 cm³/mol. The normalized spacial score (nSPS) is 20.1. The van der Waals surface area contributed by atoms with Gasteiger partial charge in [0.05, 0.1) is 16.9 Å². The third kappa shape index (κ3) is 2.24. The van der Waals surface area contributed by atoms with Gasteiger partial charge in [-0.05, 0) is 37.6 Å². The average Bonchev–Trinajstić information content (AvgIpc) is 2.95. The summed E-state index contributed by atoms with van der Waals surface area (Å²) in [4.78, 5) is 0. The Morgan fingerprint density at radius 1 is 1.05 bits per heavy atom. The van der Waals surface area contributed by atoms with Crippen molar-refractivity contribution in [1.29, 1.82) is 0 Å². The molecule has 2 aromatic rings. The lowest BCUT2D eigenvalue weighted by Crippen LogP contribution is -2.37. The van der Waals surface area contributed by atoms with Crippen molar-refractivity contribution < 1.29 is 0 Å². The van der Waals surface area contributed by atoms with Gasteiger partial charge in [-0.3, -0.25) is 0 Å². The van der Waals surface area contributed by atoms with Crippen molar-refractivity contribution in [1.82, 2.24) is 4.57 Å². The van der Waals surface area contributed by atoms with Crippen LogP contribution in [0.1, 0.15) is 51.6 Å². The second kappa shape index (κ2) is 5.35. The van der Waals surface area contributed by atoms with E-state index in [9.17, 15) is 0 Å². The minimum absolute atomic E-state index is 0.0472. The number of nitrogens with one attached hydrogen (secondary N) is 1. The zero-order chi connectivity index (χ0) is 14.0. The second-order valence-corrected chi connectivity index (χ2v) is 6.05. The summed E-state index contributed by atoms with van der Waals surface area (Å²) in [6.07, 6.45) is 8.61. The number of anilines is 1. The Morgan fingerprint density at radius 2 is 1.90 bits per heavy atom. The Hall–Kier alpha value is -1.70. The Kier molecular flexibility index (Phi) is 3.56. The van der Waals surface area contributed by atoms with Crippen molar-refractivity contribution in [3.8, 4) is 5.69 Å². The Bertz CT molecular complexity index is 585. The molecule has 2 heteroatoms. The van der Waals surface area contributed by atoms with Gasteiger partial charge in [0.25, 0.3) is 0 Å². The molecule has 0 aliphatic carbocycles. The van der Waals surface area contributed by atoms with Gasteiger partial charge in [0.1, 0.15) is 0 Å². The quantitative estimate of drug-likeness (QED) is 0.747. The van der Waals surface area contributed by atoms with Gasteiger partial charge in [0.2, 0.25) is 0 Å². The smallest absolute Gasteiger partial charge is 0.0751 e. The highest BCUT2D eigenvalue weighted by atomic mass is 15.1. The molecule has 20 heavy (non-hydrogen) atoms. The zero-order valence-corrected chi connectivity index (χ0v) is 12.5. The third-order valence-electron chi connectivity index (χ3n) is 4.42. The number of para-hydroxylation sites is 2. The third-order valence-corrected chi connectivity index (χ3v) is 4.42. The molecule has 0 saturated carbocycles. The van der Waals surface area contributed by atoms with Crippen LogP contribution >= 0.6 is 0 Å². The summed E-state index contributed by atoms with van der Waals surface area (Å²) in [5.41, 5.74) is 3.94. The van der Waals surface area contributed by atoms with Gasteiger partial charge in [0, 0.05) is 11.9 Å². The number of unbranched alkanes of at least 4 members (excludes halogenated alkanes) is 3. The van der Waals surface area contributed by atoms with Crippen LogP contribution in [-0.2, 0) is 5.54 Å². The van der Waals surface area contributed by atoms with Crippen LogP contribution < -0.4 is 5.32 Å². The molecule has 2 heterocycles. The van der Waals surface area contributed by atoms with E-state index in [0.29, 0.717) is 0 Å². The highest BCUT2D eigenvalue weighted by molar-refractivity contribution is 5.66. The summed E-state index contributed by atoms with van der Waals surface area (Å²) in [5, 5.41) is 3.77. The number of rotatable bonds is 5. The molecule has 0 spiro atoms. The number of aromatic nitrogens is 1. The highest BCUT2D eigenvalue weighted by Gasteiger charge is 2.33. The topological polar surface area (TPSA) is 17.0 Å². The molecular formula is C18H24N2. The Balaban J connectivity index is 1.88. The van der Waals surface area contributed by atoms with Crippen LogP contribution in [-0.4, -0.2) is 4.57 Å². The van der Waals surface area contributed by atoms with Gasteiger partial charge in [-0.25, -0.2) is 0 Å². The molecule has 1 atom stereocenters. The van der Waals surface area contributed by atoms with Crippen molar-refractivity contribution >= 4 is 5.69 Å². The van der Waals surface area contributed by atoms with Gasteiger partial charge in [-0.1, -0.05) is 44.7 Å². The summed E-state index contributed by atoms with van der Waals surface area (Å²) in [6.45, 7) is 4.60. The molecular weight excluding hydrogens is 244 g/mol. The van der Waals surface area contributed by atoms with Crippen molar-refractivity contribution in [2.45, 2.75) is 51.5 Å². The first-order valence-corrected chi connectivity index (χ1v) is 7.80. The number of fused-ring (bicyclic) bond motifs is 3. The first kappa shape index (κ1) is 13.3. The number of nitrogens with zero attached hydrogens (tertiary/aromatic N) is 1. The van der Waals surface area contributed by atoms with Crippen molar-refractivity contribution in [3.05, 3.63) is 48.3 Å². The molecule has 0 amide bonds. The van der Waals surface area contributed by atoms with Crippen LogP contribution in [0, 0.1) is 0 Å². The lowest BCUT2D eigenvalue weighted by atomic mass is 9.88. The molecule has 0 bridgehead atoms. The molecule has 1 aromatic heterocycles. The van der Waals surface area contributed by atoms with Crippen LogP contribution in [0.5, 0.6) is 0 Å². The van der Waals surface area contributed by atoms with E-state index < -0.39 is 0 Å². The first-order valence-electron chi connectivity index (χ1n) is 7.80. The van der Waals surface area contributed by atoms with E-state index >= 15 is 0 Å². The molecule has 2 nitrogen and oxygen atoms in total. The summed E-state index contributed by atoms with van der Waals surface area (Å²) < 4.78 is 2.34. The van der Waals surface area contributed by atoms with Gasteiger partial charge in [-0.15, -0.1) is 0 Å². The molecule has 1 aromatic carbocycles. The van der Waals surface area contributed by atoms with Crippen LogP contribution in [0.4, 0.5) is 5.69 Å². The fourth-order valence-corrected chi connectivity index (χ4v) is 3.29. The van der Waals surface area contributed by atoms with E-state index in [-0.39, 0.29) is 5.54 Å². The molecule has 1 aliphatic rings. The molecule has 3 rings (SSSR count). The summed E-state index contributed by atoms with van der Waals surface area (Å²) in [6, 6.07) is 13.0. The van der Waals surface area contributed by atoms with Crippen molar-refractivity contribution in [2.24, 2.45) is 0 Å². The van der Waals surface area contributed by atoms with E-state index in [1.54, 1.807) is 0 Å². The van der Waals surface area contributed by atoms with Crippen LogP contribution in [0.15, 0.2) is 42.6 Å². The second-order valence-electron chi connectivity index (χ2n) is 6.05. The average molecular weight is 268 g/mol. The maximum absolute atomic E-state index is 3.77. The standard InChI is InChI=1S/C18H24N2/c1-3-4-5-8-13-18(2)17-12-9-14-20(17)16-11-7-6-10-15(16)19-18/h6-7,9-12,14,19H,3-5,8,13H2,1-2H3. The van der Waals surface area contributed by atoms with Crippen LogP contribution in [0.25, 0.3) is 5.69 Å². The largest absolute Gasteiger partial charge is 0.373 e. The van der Waals surface area contributed by atoms with Crippen LogP contribution in [0.3, 0.4) is 0 Å². The molecule has 0 saturated heterocycles. The van der Waals surface area contributed by atoms with Crippen LogP contribution in [0.2, 0.25) is 0 Å². The van der Waals surface area contributed by atoms with E-state index in [1.807, 2.05) is 0 Å². The van der Waals surface area contributed by atoms with Gasteiger partial charge >= 0.3 is 0 Å². The molecule has 1 aliphatic heterocycles. The monoisotopic (exact) mass is 268 g/mol. The first-order chi connectivity index (χ1) is 9.74. The van der Waals surface area contributed by atoms with E-state index in [2.05, 4.69) is 66.3 Å². The lowest BCUT2D eigenvalue weighted by molar-refractivity contribution is 0.435. The molecule has 1 unspecified atom stereocenters. The Labute approximate surface area is 121 Å². The molecule has 0 fully saturated rings. The molecule has 0 radical (unpaired) electrons. The van der Waals surface area contributed by atoms with E-state index in [0.717, 1.165) is 0 Å². The van der Waals surface area contributed by atoms with E-state index in [4.69, 9.17) is 0 Å². The maximum Gasteiger partial charge on any atom is 0.0751 e. The summed E-state index contributed by atoms with van der Waals surface area (Å²) in [5.74, 6) is 0. The number of benzene rings is 1. The van der Waals surface area contributed by atoms with Gasteiger partial charge in [0.15, 0.2) is 0 Å². The fraction of sp³-hybridized carbons (Fsp3) is 0.444. The summed E-state index contributed by atoms with van der Waals surface area (Å²) in [7, 11) is 0. The lowest BCUT2D eigenvalue weighted by Gasteiger charge is -2.38. The zero-order valence-electron chi connectivity index (χ0n) is 12.5. The number of hydrogen-bond donors (Lipinski definition) is 1. The highest BCUT2D eigenvalue weighted by Crippen LogP contribution is 2.39. The minimum Gasteiger partial charge on any atom is -0.373 e. The van der Waals surface area contributed by atoms with E-state index in [1.165, 1.54) is 49.2 Å². The van der Waals surface area contributed by atoms with Gasteiger partial charge < -0.3 is 9.88 Å². The molecule has 1 N–H and O–H groups in total. The fourth-order valence-electron chi connectivity index (χ4n) is 3.29. The minimum atomic E-state index is 0.0472. The van der Waals surface area contributed by atoms with Crippen molar-refractivity contribution in [3.63, 3.8) is 0 Å². The van der Waals surface area contributed by atoms with Crippen molar-refractivity contribution in [2.75, 3.05) is 5.32 Å².